The minimum atomic E-state index is -1.07. The molecule has 2 unspecified atom stereocenters. The SMILES string of the molecule is COC(=O)c1c(CN2C3COCC2CC(CC(=O)O)C3)nc(-c2nccs2)nc1-c1ccc(F)c(F)c1. The van der Waals surface area contributed by atoms with Gasteiger partial charge >= 0.3 is 11.9 Å². The van der Waals surface area contributed by atoms with Gasteiger partial charge in [0.2, 0.25) is 0 Å². The number of morpholine rings is 1. The Morgan fingerprint density at radius 3 is 2.57 bits per heavy atom. The second-order valence-corrected chi connectivity index (χ2v) is 10.0. The third kappa shape index (κ3) is 5.22. The summed E-state index contributed by atoms with van der Waals surface area (Å²) in [6.07, 6.45) is 2.97. The number of hydrogen-bond donors (Lipinski definition) is 1. The van der Waals surface area contributed by atoms with Crippen LogP contribution in [-0.4, -0.2) is 69.3 Å². The van der Waals surface area contributed by atoms with E-state index in [4.69, 9.17) is 14.5 Å². The van der Waals surface area contributed by atoms with Crippen molar-refractivity contribution in [3.8, 4) is 22.1 Å². The zero-order valence-electron chi connectivity index (χ0n) is 19.9. The Morgan fingerprint density at radius 2 is 1.95 bits per heavy atom. The molecule has 4 heterocycles. The van der Waals surface area contributed by atoms with Crippen LogP contribution in [0.1, 0.15) is 35.3 Å². The van der Waals surface area contributed by atoms with Gasteiger partial charge in [0.15, 0.2) is 22.5 Å². The molecule has 1 N–H and O–H groups in total. The molecule has 2 atom stereocenters. The molecule has 2 aliphatic rings. The van der Waals surface area contributed by atoms with Crippen molar-refractivity contribution in [3.63, 3.8) is 0 Å². The largest absolute Gasteiger partial charge is 0.481 e. The summed E-state index contributed by atoms with van der Waals surface area (Å²) in [5.74, 6) is -3.35. The lowest BCUT2D eigenvalue weighted by Gasteiger charge is -2.48. The molecule has 3 aromatic rings. The number of carboxylic acids is 1. The number of aliphatic carboxylic acids is 1. The Hall–Kier alpha value is -3.35. The van der Waals surface area contributed by atoms with Crippen LogP contribution in [0.4, 0.5) is 8.78 Å². The number of ether oxygens (including phenoxy) is 2. The number of hydrogen-bond acceptors (Lipinski definition) is 9. The number of esters is 1. The Morgan fingerprint density at radius 1 is 1.19 bits per heavy atom. The summed E-state index contributed by atoms with van der Waals surface area (Å²) >= 11 is 1.31. The number of methoxy groups -OCH3 is 1. The smallest absolute Gasteiger partial charge is 0.342 e. The fourth-order valence-corrected chi connectivity index (χ4v) is 5.74. The van der Waals surface area contributed by atoms with Gasteiger partial charge in [-0.15, -0.1) is 11.3 Å². The molecule has 0 spiro atoms. The fraction of sp³-hybridized carbons (Fsp3) is 0.400. The van der Waals surface area contributed by atoms with Crippen LogP contribution >= 0.6 is 11.3 Å². The van der Waals surface area contributed by atoms with E-state index in [0.29, 0.717) is 36.8 Å². The summed E-state index contributed by atoms with van der Waals surface area (Å²) in [5.41, 5.74) is 0.730. The molecule has 0 saturated carbocycles. The van der Waals surface area contributed by atoms with Crippen molar-refractivity contribution in [1.29, 1.82) is 0 Å². The number of nitrogens with zero attached hydrogens (tertiary/aromatic N) is 4. The average Bonchev–Trinajstić information content (AvgIpc) is 3.40. The summed E-state index contributed by atoms with van der Waals surface area (Å²) < 4.78 is 38.7. The van der Waals surface area contributed by atoms with Gasteiger partial charge in [-0.05, 0) is 37.0 Å². The van der Waals surface area contributed by atoms with Gasteiger partial charge in [-0.2, -0.15) is 0 Å². The standard InChI is InChI=1S/C25H24F2N4O5S/c1-35-25(34)21-19(10-31-15-6-13(8-20(32)33)7-16(31)12-36-11-15)29-23(24-28-4-5-37-24)30-22(21)14-2-3-17(26)18(27)9-14/h2-5,9,13,15-16H,6-8,10-12H2,1H3,(H,32,33). The van der Waals surface area contributed by atoms with Crippen molar-refractivity contribution in [2.75, 3.05) is 20.3 Å². The molecule has 0 radical (unpaired) electrons. The second kappa shape index (κ2) is 10.6. The molecule has 2 saturated heterocycles. The lowest BCUT2D eigenvalue weighted by molar-refractivity contribution is -0.141. The highest BCUT2D eigenvalue weighted by atomic mass is 32.1. The number of benzene rings is 1. The van der Waals surface area contributed by atoms with E-state index < -0.39 is 23.6 Å². The van der Waals surface area contributed by atoms with Crippen LogP contribution in [0.2, 0.25) is 0 Å². The quantitative estimate of drug-likeness (QED) is 0.456. The first-order valence-electron chi connectivity index (χ1n) is 11.7. The van der Waals surface area contributed by atoms with E-state index in [9.17, 15) is 23.5 Å². The summed E-state index contributed by atoms with van der Waals surface area (Å²) in [4.78, 5) is 40.0. The maximum atomic E-state index is 14.2. The fourth-order valence-electron chi connectivity index (χ4n) is 5.17. The molecule has 2 aliphatic heterocycles. The van der Waals surface area contributed by atoms with E-state index in [1.165, 1.54) is 24.5 Å². The first-order valence-corrected chi connectivity index (χ1v) is 12.6. The lowest BCUT2D eigenvalue weighted by Crippen LogP contribution is -2.56. The van der Waals surface area contributed by atoms with Crippen LogP contribution in [-0.2, 0) is 20.8 Å². The summed E-state index contributed by atoms with van der Waals surface area (Å²) in [5, 5.41) is 11.6. The average molecular weight is 531 g/mol. The van der Waals surface area contributed by atoms with E-state index in [1.807, 2.05) is 0 Å². The van der Waals surface area contributed by atoms with Gasteiger partial charge in [0, 0.05) is 42.2 Å². The van der Waals surface area contributed by atoms with Gasteiger partial charge in [-0.1, -0.05) is 0 Å². The Kier molecular flexibility index (Phi) is 7.22. The first-order chi connectivity index (χ1) is 17.8. The third-order valence-electron chi connectivity index (χ3n) is 6.76. The van der Waals surface area contributed by atoms with Crippen molar-refractivity contribution in [2.45, 2.75) is 37.9 Å². The number of aromatic nitrogens is 3. The van der Waals surface area contributed by atoms with E-state index in [1.54, 1.807) is 11.6 Å². The highest BCUT2D eigenvalue weighted by Gasteiger charge is 2.40. The molecular weight excluding hydrogens is 506 g/mol. The Bertz CT molecular complexity index is 1310. The number of halogens is 2. The van der Waals surface area contributed by atoms with Crippen molar-refractivity contribution < 1.29 is 33.0 Å². The maximum absolute atomic E-state index is 14.2. The number of piperidine rings is 1. The number of thiazole rings is 1. The van der Waals surface area contributed by atoms with Gasteiger partial charge in [0.1, 0.15) is 5.56 Å². The number of fused-ring (bicyclic) bond motifs is 2. The van der Waals surface area contributed by atoms with Crippen LogP contribution in [0, 0.1) is 17.6 Å². The van der Waals surface area contributed by atoms with E-state index in [-0.39, 0.29) is 53.6 Å². The summed E-state index contributed by atoms with van der Waals surface area (Å²) in [6, 6.07) is 3.19. The maximum Gasteiger partial charge on any atom is 0.342 e. The molecule has 2 bridgehead atoms. The number of carboxylic acid groups (broad SMARTS) is 1. The minimum Gasteiger partial charge on any atom is -0.481 e. The number of carbonyl (C=O) groups excluding carboxylic acids is 1. The lowest BCUT2D eigenvalue weighted by atomic mass is 9.83. The molecule has 1 aromatic carbocycles. The molecule has 194 valence electrons. The molecule has 5 rings (SSSR count). The van der Waals surface area contributed by atoms with Gasteiger partial charge < -0.3 is 14.6 Å². The molecular formula is C25H24F2N4O5S. The second-order valence-electron chi connectivity index (χ2n) is 9.13. The highest BCUT2D eigenvalue weighted by molar-refractivity contribution is 7.13. The summed E-state index contributed by atoms with van der Waals surface area (Å²) in [7, 11) is 1.23. The number of carbonyl (C=O) groups is 2. The van der Waals surface area contributed by atoms with Crippen molar-refractivity contribution in [2.24, 2.45) is 5.92 Å². The van der Waals surface area contributed by atoms with Gasteiger partial charge in [-0.25, -0.2) is 28.5 Å². The molecule has 12 heteroatoms. The van der Waals surface area contributed by atoms with Crippen molar-refractivity contribution >= 4 is 23.3 Å². The predicted octanol–water partition coefficient (Wildman–Crippen LogP) is 3.79. The Labute approximate surface area is 215 Å². The van der Waals surface area contributed by atoms with Gasteiger partial charge in [0.25, 0.3) is 0 Å². The Balaban J connectivity index is 1.60. The summed E-state index contributed by atoms with van der Waals surface area (Å²) in [6.45, 7) is 1.10. The molecule has 2 fully saturated rings. The topological polar surface area (TPSA) is 115 Å². The molecule has 0 aliphatic carbocycles. The molecule has 37 heavy (non-hydrogen) atoms. The van der Waals surface area contributed by atoms with Crippen LogP contribution in [0.3, 0.4) is 0 Å². The zero-order valence-corrected chi connectivity index (χ0v) is 20.7. The van der Waals surface area contributed by atoms with Crippen LogP contribution in [0.5, 0.6) is 0 Å². The number of rotatable bonds is 7. The monoisotopic (exact) mass is 530 g/mol. The predicted molar refractivity (Wildman–Crippen MR) is 129 cm³/mol. The van der Waals surface area contributed by atoms with Gasteiger partial charge in [0.05, 0.1) is 31.7 Å². The van der Waals surface area contributed by atoms with Crippen LogP contribution < -0.4 is 0 Å². The molecule has 0 amide bonds. The van der Waals surface area contributed by atoms with E-state index >= 15 is 0 Å². The minimum absolute atomic E-state index is 0.0294. The first kappa shape index (κ1) is 25.3. The van der Waals surface area contributed by atoms with Crippen molar-refractivity contribution in [3.05, 3.63) is 52.7 Å². The van der Waals surface area contributed by atoms with Gasteiger partial charge in [-0.3, -0.25) is 9.69 Å². The van der Waals surface area contributed by atoms with Crippen molar-refractivity contribution in [1.82, 2.24) is 19.9 Å². The third-order valence-corrected chi connectivity index (χ3v) is 7.52. The van der Waals surface area contributed by atoms with Crippen LogP contribution in [0.15, 0.2) is 29.8 Å². The van der Waals surface area contributed by atoms with Crippen LogP contribution in [0.25, 0.3) is 22.1 Å². The van der Waals surface area contributed by atoms with E-state index in [0.717, 1.165) is 12.1 Å². The normalized spacial score (nSPS) is 21.5. The highest BCUT2D eigenvalue weighted by Crippen LogP contribution is 2.36. The van der Waals surface area contributed by atoms with E-state index in [2.05, 4.69) is 14.9 Å². The molecule has 2 aromatic heterocycles. The zero-order chi connectivity index (χ0) is 26.1. The molecule has 9 nitrogen and oxygen atoms in total.